The Morgan fingerprint density at radius 2 is 2.19 bits per heavy atom. The Labute approximate surface area is 120 Å². The van der Waals surface area contributed by atoms with Crippen LogP contribution < -0.4 is 11.1 Å². The largest absolute Gasteiger partial charge is 0.480 e. The Morgan fingerprint density at radius 3 is 2.90 bits per heavy atom. The molecule has 0 unspecified atom stereocenters. The van der Waals surface area contributed by atoms with Gasteiger partial charge in [0.2, 0.25) is 0 Å². The van der Waals surface area contributed by atoms with E-state index in [9.17, 15) is 9.59 Å². The maximum absolute atomic E-state index is 12.1. The number of nitrogens with zero attached hydrogens (tertiary/aromatic N) is 3. The van der Waals surface area contributed by atoms with Crippen molar-refractivity contribution >= 4 is 17.6 Å². The molecule has 0 radical (unpaired) electrons. The number of aliphatic carboxylic acids is 1. The average Bonchev–Trinajstić information content (AvgIpc) is 2.86. The molecule has 0 aliphatic carbocycles. The molecular weight excluding hydrogens is 274 g/mol. The Morgan fingerprint density at radius 1 is 1.43 bits per heavy atom. The molecule has 0 atom stereocenters. The van der Waals surface area contributed by atoms with E-state index in [1.807, 2.05) is 0 Å². The quantitative estimate of drug-likeness (QED) is 0.675. The summed E-state index contributed by atoms with van der Waals surface area (Å²) in [7, 11) is 0. The molecule has 0 aliphatic rings. The molecule has 21 heavy (non-hydrogen) atoms. The van der Waals surface area contributed by atoms with Crippen LogP contribution in [0.5, 0.6) is 0 Å². The van der Waals surface area contributed by atoms with Crippen molar-refractivity contribution in [1.82, 2.24) is 20.3 Å². The number of carboxylic acid groups (broad SMARTS) is 1. The van der Waals surface area contributed by atoms with E-state index in [0.29, 0.717) is 22.5 Å². The summed E-state index contributed by atoms with van der Waals surface area (Å²) in [5, 5.41) is 18.8. The van der Waals surface area contributed by atoms with Crippen LogP contribution in [0.4, 0.5) is 5.69 Å². The molecule has 110 valence electrons. The van der Waals surface area contributed by atoms with Gasteiger partial charge in [0.25, 0.3) is 5.91 Å². The zero-order valence-corrected chi connectivity index (χ0v) is 11.4. The van der Waals surface area contributed by atoms with Crippen LogP contribution in [0.15, 0.2) is 24.4 Å². The second-order valence-corrected chi connectivity index (χ2v) is 4.50. The van der Waals surface area contributed by atoms with Crippen molar-refractivity contribution in [3.8, 4) is 0 Å². The third-order valence-electron chi connectivity index (χ3n) is 2.93. The second-order valence-electron chi connectivity index (χ2n) is 4.50. The molecule has 8 heteroatoms. The number of carbonyl (C=O) groups is 2. The lowest BCUT2D eigenvalue weighted by atomic mass is 10.1. The summed E-state index contributed by atoms with van der Waals surface area (Å²) in [4.78, 5) is 22.6. The smallest absolute Gasteiger partial charge is 0.325 e. The number of carboxylic acids is 1. The molecule has 1 amide bonds. The van der Waals surface area contributed by atoms with Gasteiger partial charge in [-0.25, -0.2) is 4.68 Å². The van der Waals surface area contributed by atoms with Crippen molar-refractivity contribution in [2.45, 2.75) is 20.0 Å². The number of nitrogen functional groups attached to an aromatic ring is 1. The Hall–Kier alpha value is -2.90. The molecule has 8 nitrogen and oxygen atoms in total. The van der Waals surface area contributed by atoms with Crippen molar-refractivity contribution in [1.29, 1.82) is 0 Å². The number of aromatic nitrogens is 3. The fraction of sp³-hybridized carbons (Fsp3) is 0.231. The minimum atomic E-state index is -1.01. The van der Waals surface area contributed by atoms with Gasteiger partial charge >= 0.3 is 5.97 Å². The maximum Gasteiger partial charge on any atom is 0.325 e. The van der Waals surface area contributed by atoms with Gasteiger partial charge in [0.05, 0.1) is 12.7 Å². The number of nitrogens with one attached hydrogen (secondary N) is 1. The molecule has 1 aromatic heterocycles. The van der Waals surface area contributed by atoms with Crippen molar-refractivity contribution in [3.63, 3.8) is 0 Å². The molecule has 0 spiro atoms. The van der Waals surface area contributed by atoms with Crippen LogP contribution in [0.3, 0.4) is 0 Å². The highest BCUT2D eigenvalue weighted by Gasteiger charge is 2.11. The monoisotopic (exact) mass is 289 g/mol. The number of amides is 1. The van der Waals surface area contributed by atoms with Gasteiger partial charge in [-0.3, -0.25) is 9.59 Å². The van der Waals surface area contributed by atoms with Gasteiger partial charge in [0.1, 0.15) is 12.2 Å². The lowest BCUT2D eigenvalue weighted by molar-refractivity contribution is -0.137. The molecule has 1 heterocycles. The number of rotatable bonds is 5. The van der Waals surface area contributed by atoms with Gasteiger partial charge in [-0.2, -0.15) is 0 Å². The van der Waals surface area contributed by atoms with Gasteiger partial charge in [0, 0.05) is 11.3 Å². The Bertz CT molecular complexity index is 680. The van der Waals surface area contributed by atoms with Crippen LogP contribution in [0, 0.1) is 6.92 Å². The average molecular weight is 289 g/mol. The predicted octanol–water partition coefficient (Wildman–Crippen LogP) is 0.183. The summed E-state index contributed by atoms with van der Waals surface area (Å²) in [5.41, 5.74) is 7.99. The van der Waals surface area contributed by atoms with E-state index in [4.69, 9.17) is 10.8 Å². The summed E-state index contributed by atoms with van der Waals surface area (Å²) in [6.45, 7) is 1.66. The summed E-state index contributed by atoms with van der Waals surface area (Å²) < 4.78 is 1.19. The molecule has 2 aromatic rings. The number of anilines is 1. The number of hydrogen-bond donors (Lipinski definition) is 3. The topological polar surface area (TPSA) is 123 Å². The number of carbonyl (C=O) groups excluding carboxylic acids is 1. The van der Waals surface area contributed by atoms with E-state index in [-0.39, 0.29) is 19.0 Å². The summed E-state index contributed by atoms with van der Waals surface area (Å²) in [5.74, 6) is -1.28. The number of nitrogens with two attached hydrogens (primary N) is 1. The van der Waals surface area contributed by atoms with E-state index >= 15 is 0 Å². The minimum absolute atomic E-state index is 0.159. The number of benzene rings is 1. The van der Waals surface area contributed by atoms with Crippen LogP contribution in [-0.2, 0) is 17.9 Å². The molecule has 0 bridgehead atoms. The fourth-order valence-corrected chi connectivity index (χ4v) is 1.80. The summed E-state index contributed by atoms with van der Waals surface area (Å²) >= 11 is 0. The maximum atomic E-state index is 12.1. The van der Waals surface area contributed by atoms with Gasteiger partial charge < -0.3 is 16.2 Å². The Kier molecular flexibility index (Phi) is 4.17. The van der Waals surface area contributed by atoms with E-state index in [1.54, 1.807) is 25.1 Å². The molecule has 2 rings (SSSR count). The van der Waals surface area contributed by atoms with E-state index < -0.39 is 5.97 Å². The second kappa shape index (κ2) is 6.04. The number of hydrogen-bond acceptors (Lipinski definition) is 5. The molecule has 0 saturated heterocycles. The Balaban J connectivity index is 1.99. The molecule has 1 aromatic carbocycles. The zero-order valence-electron chi connectivity index (χ0n) is 11.4. The first-order valence-electron chi connectivity index (χ1n) is 6.21. The van der Waals surface area contributed by atoms with Crippen molar-refractivity contribution in [3.05, 3.63) is 41.2 Å². The van der Waals surface area contributed by atoms with E-state index in [0.717, 1.165) is 0 Å². The van der Waals surface area contributed by atoms with Crippen LogP contribution >= 0.6 is 0 Å². The van der Waals surface area contributed by atoms with Gasteiger partial charge in [-0.15, -0.1) is 5.10 Å². The minimum Gasteiger partial charge on any atom is -0.480 e. The first-order valence-corrected chi connectivity index (χ1v) is 6.21. The van der Waals surface area contributed by atoms with Crippen LogP contribution in [0.2, 0.25) is 0 Å². The highest BCUT2D eigenvalue weighted by Crippen LogP contribution is 2.15. The fourth-order valence-electron chi connectivity index (χ4n) is 1.80. The van der Waals surface area contributed by atoms with Gasteiger partial charge in [-0.05, 0) is 24.6 Å². The van der Waals surface area contributed by atoms with E-state index in [2.05, 4.69) is 15.6 Å². The normalized spacial score (nSPS) is 10.3. The SMILES string of the molecule is Cc1c(N)cccc1C(=O)NCc1cn(CC(=O)O)nn1. The van der Waals surface area contributed by atoms with Crippen LogP contribution in [-0.4, -0.2) is 32.0 Å². The van der Waals surface area contributed by atoms with Crippen molar-refractivity contribution in [2.24, 2.45) is 0 Å². The zero-order chi connectivity index (χ0) is 15.4. The van der Waals surface area contributed by atoms with Crippen molar-refractivity contribution < 1.29 is 14.7 Å². The molecule has 0 saturated carbocycles. The van der Waals surface area contributed by atoms with Gasteiger partial charge in [0.15, 0.2) is 0 Å². The molecule has 0 aliphatic heterocycles. The van der Waals surface area contributed by atoms with Crippen LogP contribution in [0.1, 0.15) is 21.6 Å². The van der Waals surface area contributed by atoms with Gasteiger partial charge in [-0.1, -0.05) is 11.3 Å². The third-order valence-corrected chi connectivity index (χ3v) is 2.93. The first-order chi connectivity index (χ1) is 9.97. The highest BCUT2D eigenvalue weighted by molar-refractivity contribution is 5.96. The lowest BCUT2D eigenvalue weighted by Crippen LogP contribution is -2.24. The predicted molar refractivity (Wildman–Crippen MR) is 74.4 cm³/mol. The molecular formula is C13H15N5O3. The molecule has 4 N–H and O–H groups in total. The molecule has 0 fully saturated rings. The standard InChI is InChI=1S/C13H15N5O3/c1-8-10(3-2-4-11(8)14)13(21)15-5-9-6-18(17-16-9)7-12(19)20/h2-4,6H,5,7,14H2,1H3,(H,15,21)(H,19,20). The summed E-state index contributed by atoms with van der Waals surface area (Å²) in [6, 6.07) is 5.12. The van der Waals surface area contributed by atoms with Crippen molar-refractivity contribution in [2.75, 3.05) is 5.73 Å². The third kappa shape index (κ3) is 3.56. The van der Waals surface area contributed by atoms with Crippen LogP contribution in [0.25, 0.3) is 0 Å². The van der Waals surface area contributed by atoms with E-state index in [1.165, 1.54) is 10.9 Å². The summed E-state index contributed by atoms with van der Waals surface area (Å²) in [6.07, 6.45) is 1.47. The first kappa shape index (κ1) is 14.5. The highest BCUT2D eigenvalue weighted by atomic mass is 16.4. The lowest BCUT2D eigenvalue weighted by Gasteiger charge is -2.08.